The number of rotatable bonds is 7. The van der Waals surface area contributed by atoms with Crippen LogP contribution in [-0.2, 0) is 14.3 Å². The fourth-order valence-electron chi connectivity index (χ4n) is 2.10. The van der Waals surface area contributed by atoms with E-state index in [0.717, 1.165) is 5.56 Å². The quantitative estimate of drug-likeness (QED) is 0.591. The highest BCUT2D eigenvalue weighted by Crippen LogP contribution is 2.23. The van der Waals surface area contributed by atoms with Crippen LogP contribution in [0.5, 0.6) is 0 Å². The van der Waals surface area contributed by atoms with E-state index in [1.165, 1.54) is 25.6 Å². The number of aryl methyl sites for hydroxylation is 1. The molecular weight excluding hydrogens is 350 g/mol. The molecule has 0 heterocycles. The first-order valence-electron chi connectivity index (χ1n) is 8.16. The van der Waals surface area contributed by atoms with Gasteiger partial charge in [0.05, 0.1) is 11.3 Å². The van der Waals surface area contributed by atoms with Crippen molar-refractivity contribution in [2.75, 3.05) is 11.1 Å². The maximum Gasteiger partial charge on any atom is 0.340 e. The summed E-state index contributed by atoms with van der Waals surface area (Å²) < 4.78 is 5.29. The van der Waals surface area contributed by atoms with Crippen LogP contribution in [0.4, 0.5) is 5.69 Å². The van der Waals surface area contributed by atoms with Gasteiger partial charge in [-0.3, -0.25) is 9.59 Å². The van der Waals surface area contributed by atoms with Crippen LogP contribution < -0.4 is 5.32 Å². The average Bonchev–Trinajstić information content (AvgIpc) is 2.62. The number of ether oxygens (including phenoxy) is 1. The fourth-order valence-corrected chi connectivity index (χ4v) is 2.94. The Morgan fingerprint density at radius 1 is 1.08 bits per heavy atom. The molecule has 0 radical (unpaired) electrons. The molecule has 1 atom stereocenters. The smallest absolute Gasteiger partial charge is 0.340 e. The minimum atomic E-state index is -0.949. The molecule has 0 saturated carbocycles. The molecule has 0 aliphatic heterocycles. The van der Waals surface area contributed by atoms with Gasteiger partial charge in [-0.05, 0) is 45.0 Å². The minimum absolute atomic E-state index is 0.0176. The Balaban J connectivity index is 2.01. The number of nitrogens with one attached hydrogen (secondary N) is 1. The number of anilines is 1. The monoisotopic (exact) mass is 371 g/mol. The lowest BCUT2D eigenvalue weighted by molar-refractivity contribution is -0.123. The molecule has 0 aliphatic carbocycles. The summed E-state index contributed by atoms with van der Waals surface area (Å²) in [5, 5.41) is 2.71. The summed E-state index contributed by atoms with van der Waals surface area (Å²) in [6, 6.07) is 14.2. The van der Waals surface area contributed by atoms with Gasteiger partial charge in [-0.15, -0.1) is 11.8 Å². The number of carbonyl (C=O) groups excluding carboxylic acids is 3. The van der Waals surface area contributed by atoms with E-state index in [4.69, 9.17) is 4.74 Å². The van der Waals surface area contributed by atoms with Crippen molar-refractivity contribution in [1.82, 2.24) is 0 Å². The van der Waals surface area contributed by atoms with E-state index in [9.17, 15) is 14.4 Å². The Bertz CT molecular complexity index is 802. The third-order valence-corrected chi connectivity index (χ3v) is 4.73. The maximum atomic E-state index is 12.4. The normalized spacial score (nSPS) is 11.5. The van der Waals surface area contributed by atoms with Gasteiger partial charge in [-0.1, -0.05) is 29.8 Å². The van der Waals surface area contributed by atoms with Gasteiger partial charge in [0.1, 0.15) is 5.78 Å². The van der Waals surface area contributed by atoms with Gasteiger partial charge in [0.15, 0.2) is 6.10 Å². The van der Waals surface area contributed by atoms with Crippen molar-refractivity contribution in [3.63, 3.8) is 0 Å². The molecule has 26 heavy (non-hydrogen) atoms. The number of hydrogen-bond donors (Lipinski definition) is 1. The number of ketones is 1. The highest BCUT2D eigenvalue weighted by atomic mass is 32.2. The van der Waals surface area contributed by atoms with Crippen molar-refractivity contribution in [2.45, 2.75) is 31.8 Å². The van der Waals surface area contributed by atoms with Gasteiger partial charge in [-0.2, -0.15) is 0 Å². The lowest BCUT2D eigenvalue weighted by atomic mass is 10.2. The highest BCUT2D eigenvalue weighted by Gasteiger charge is 2.21. The first-order valence-corrected chi connectivity index (χ1v) is 9.15. The van der Waals surface area contributed by atoms with E-state index in [-0.39, 0.29) is 11.5 Å². The Morgan fingerprint density at radius 2 is 1.73 bits per heavy atom. The van der Waals surface area contributed by atoms with Crippen LogP contribution in [0.25, 0.3) is 0 Å². The third kappa shape index (κ3) is 5.74. The molecule has 0 spiro atoms. The average molecular weight is 371 g/mol. The van der Waals surface area contributed by atoms with Crippen molar-refractivity contribution >= 4 is 35.1 Å². The van der Waals surface area contributed by atoms with Gasteiger partial charge in [0.25, 0.3) is 5.91 Å². The van der Waals surface area contributed by atoms with E-state index in [1.54, 1.807) is 36.4 Å². The maximum absolute atomic E-state index is 12.4. The minimum Gasteiger partial charge on any atom is -0.449 e. The number of amides is 1. The fraction of sp³-hybridized carbons (Fsp3) is 0.250. The summed E-state index contributed by atoms with van der Waals surface area (Å²) in [4.78, 5) is 36.5. The largest absolute Gasteiger partial charge is 0.449 e. The van der Waals surface area contributed by atoms with Gasteiger partial charge >= 0.3 is 5.97 Å². The van der Waals surface area contributed by atoms with Crippen LogP contribution >= 0.6 is 11.8 Å². The van der Waals surface area contributed by atoms with Crippen molar-refractivity contribution in [1.29, 1.82) is 0 Å². The van der Waals surface area contributed by atoms with Crippen LogP contribution in [0.2, 0.25) is 0 Å². The van der Waals surface area contributed by atoms with Crippen LogP contribution in [-0.4, -0.2) is 29.5 Å². The third-order valence-electron chi connectivity index (χ3n) is 3.51. The first kappa shape index (κ1) is 19.7. The number of esters is 1. The van der Waals surface area contributed by atoms with Crippen LogP contribution in [0.15, 0.2) is 53.4 Å². The van der Waals surface area contributed by atoms with E-state index in [1.807, 2.05) is 19.1 Å². The second kappa shape index (κ2) is 9.20. The molecule has 0 fully saturated rings. The molecule has 1 N–H and O–H groups in total. The number of carbonyl (C=O) groups is 3. The number of Topliss-reactive ketones (excluding diaryl/α,β-unsaturated/α-hetero) is 1. The predicted octanol–water partition coefficient (Wildman–Crippen LogP) is 3.86. The standard InChI is InChI=1S/C20H21NO4S/c1-13-8-10-16(11-9-13)21-19(23)15(3)25-20(24)17-6-4-5-7-18(17)26-12-14(2)22/h4-11,15H,12H2,1-3H3,(H,21,23)/t15-/m1/s1. The van der Waals surface area contributed by atoms with Crippen molar-refractivity contribution in [3.05, 3.63) is 59.7 Å². The van der Waals surface area contributed by atoms with Crippen molar-refractivity contribution in [3.8, 4) is 0 Å². The highest BCUT2D eigenvalue weighted by molar-refractivity contribution is 8.00. The van der Waals surface area contributed by atoms with E-state index >= 15 is 0 Å². The van der Waals surface area contributed by atoms with Crippen LogP contribution in [0, 0.1) is 6.92 Å². The Labute approximate surface area is 157 Å². The Kier molecular flexibility index (Phi) is 6.97. The summed E-state index contributed by atoms with van der Waals surface area (Å²) in [5.74, 6) is -0.711. The van der Waals surface area contributed by atoms with Crippen LogP contribution in [0.3, 0.4) is 0 Å². The molecule has 0 unspecified atom stereocenters. The topological polar surface area (TPSA) is 72.5 Å². The molecule has 0 bridgehead atoms. The van der Waals surface area contributed by atoms with Gasteiger partial charge in [0.2, 0.25) is 0 Å². The summed E-state index contributed by atoms with van der Waals surface area (Å²) >= 11 is 1.27. The second-order valence-corrected chi connectivity index (χ2v) is 6.91. The van der Waals surface area contributed by atoms with Crippen molar-refractivity contribution in [2.24, 2.45) is 0 Å². The molecule has 5 nitrogen and oxygen atoms in total. The number of thioether (sulfide) groups is 1. The second-order valence-electron chi connectivity index (χ2n) is 5.89. The molecule has 0 saturated heterocycles. The molecule has 2 aromatic rings. The number of hydrogen-bond acceptors (Lipinski definition) is 5. The summed E-state index contributed by atoms with van der Waals surface area (Å²) in [6.45, 7) is 4.97. The van der Waals surface area contributed by atoms with Gasteiger partial charge in [0, 0.05) is 10.6 Å². The Morgan fingerprint density at radius 3 is 2.38 bits per heavy atom. The zero-order valence-electron chi connectivity index (χ0n) is 14.9. The van der Waals surface area contributed by atoms with Crippen molar-refractivity contribution < 1.29 is 19.1 Å². The van der Waals surface area contributed by atoms with Gasteiger partial charge < -0.3 is 10.1 Å². The number of benzene rings is 2. The first-order chi connectivity index (χ1) is 12.4. The lowest BCUT2D eigenvalue weighted by Crippen LogP contribution is -2.30. The Hall–Kier alpha value is -2.60. The van der Waals surface area contributed by atoms with Crippen LogP contribution in [0.1, 0.15) is 29.8 Å². The zero-order valence-corrected chi connectivity index (χ0v) is 15.8. The molecule has 2 rings (SSSR count). The summed E-state index contributed by atoms with van der Waals surface area (Å²) in [6.07, 6.45) is -0.949. The van der Waals surface area contributed by atoms with E-state index < -0.39 is 18.0 Å². The molecular formula is C20H21NO4S. The van der Waals surface area contributed by atoms with E-state index in [2.05, 4.69) is 5.32 Å². The van der Waals surface area contributed by atoms with E-state index in [0.29, 0.717) is 16.1 Å². The lowest BCUT2D eigenvalue weighted by Gasteiger charge is -2.15. The molecule has 136 valence electrons. The predicted molar refractivity (Wildman–Crippen MR) is 103 cm³/mol. The zero-order chi connectivity index (χ0) is 19.1. The summed E-state index contributed by atoms with van der Waals surface area (Å²) in [5.41, 5.74) is 2.07. The summed E-state index contributed by atoms with van der Waals surface area (Å²) in [7, 11) is 0. The molecule has 0 aliphatic rings. The SMILES string of the molecule is CC(=O)CSc1ccccc1C(=O)O[C@H](C)C(=O)Nc1ccc(C)cc1. The van der Waals surface area contributed by atoms with Gasteiger partial charge in [-0.25, -0.2) is 4.79 Å². The molecule has 1 amide bonds. The molecule has 0 aromatic heterocycles. The molecule has 2 aromatic carbocycles. The molecule has 6 heteroatoms.